The Kier molecular flexibility index (Phi) is 6.42. The highest BCUT2D eigenvalue weighted by Crippen LogP contribution is 2.28. The molecule has 6 nitrogen and oxygen atoms in total. The quantitative estimate of drug-likeness (QED) is 0.374. The molecule has 0 unspecified atom stereocenters. The van der Waals surface area contributed by atoms with Gasteiger partial charge in [-0.1, -0.05) is 72.8 Å². The molecule has 0 fully saturated rings. The minimum Gasteiger partial charge on any atom is -0.493 e. The summed E-state index contributed by atoms with van der Waals surface area (Å²) in [7, 11) is 0. The lowest BCUT2D eigenvalue weighted by atomic mass is 10.1. The summed E-state index contributed by atoms with van der Waals surface area (Å²) in [4.78, 5) is 13.1. The summed E-state index contributed by atoms with van der Waals surface area (Å²) in [5, 5.41) is 28.5. The summed E-state index contributed by atoms with van der Waals surface area (Å²) in [6, 6.07) is 29.1. The number of rotatable bonds is 6. The lowest BCUT2D eigenvalue weighted by Gasteiger charge is -2.13. The minimum atomic E-state index is -0.482. The Morgan fingerprint density at radius 1 is 0.879 bits per heavy atom. The molecule has 1 N–H and O–H groups in total. The van der Waals surface area contributed by atoms with Crippen LogP contribution in [0.5, 0.6) is 5.88 Å². The predicted molar refractivity (Wildman–Crippen MR) is 128 cm³/mol. The molecule has 0 spiro atoms. The van der Waals surface area contributed by atoms with E-state index in [1.807, 2.05) is 91.0 Å². The molecular formula is C27H22N4O2. The van der Waals surface area contributed by atoms with Gasteiger partial charge in [0.25, 0.3) is 5.56 Å². The third kappa shape index (κ3) is 4.73. The smallest absolute Gasteiger partial charge is 0.281 e. The highest BCUT2D eigenvalue weighted by atomic mass is 16.3. The van der Waals surface area contributed by atoms with Crippen molar-refractivity contribution in [1.82, 2.24) is 4.57 Å². The van der Waals surface area contributed by atoms with Crippen LogP contribution in [0.25, 0.3) is 11.1 Å². The zero-order valence-corrected chi connectivity index (χ0v) is 18.1. The van der Waals surface area contributed by atoms with Crippen molar-refractivity contribution in [1.29, 1.82) is 5.26 Å². The fraction of sp³-hybridized carbons (Fsp3) is 0.111. The van der Waals surface area contributed by atoms with Crippen molar-refractivity contribution >= 4 is 11.4 Å². The molecule has 6 heteroatoms. The van der Waals surface area contributed by atoms with Gasteiger partial charge in [-0.15, -0.1) is 5.11 Å². The molecule has 4 aromatic rings. The molecule has 0 aliphatic heterocycles. The van der Waals surface area contributed by atoms with Gasteiger partial charge >= 0.3 is 0 Å². The summed E-state index contributed by atoms with van der Waals surface area (Å²) in [6.07, 6.45) is 0.528. The lowest BCUT2D eigenvalue weighted by Crippen LogP contribution is -2.22. The molecule has 33 heavy (non-hydrogen) atoms. The second-order valence-corrected chi connectivity index (χ2v) is 7.59. The minimum absolute atomic E-state index is 0.0241. The predicted octanol–water partition coefficient (Wildman–Crippen LogP) is 6.06. The van der Waals surface area contributed by atoms with E-state index in [2.05, 4.69) is 10.2 Å². The maximum Gasteiger partial charge on any atom is 0.281 e. The van der Waals surface area contributed by atoms with Crippen LogP contribution in [0.1, 0.15) is 16.7 Å². The maximum absolute atomic E-state index is 13.1. The number of aromatic nitrogens is 1. The van der Waals surface area contributed by atoms with Crippen LogP contribution in [0.2, 0.25) is 0 Å². The average molecular weight is 434 g/mol. The van der Waals surface area contributed by atoms with Gasteiger partial charge in [-0.25, -0.2) is 0 Å². The fourth-order valence-corrected chi connectivity index (χ4v) is 3.61. The number of azo groups is 1. The molecule has 0 saturated heterocycles. The van der Waals surface area contributed by atoms with E-state index >= 15 is 0 Å². The topological polar surface area (TPSA) is 90.7 Å². The maximum atomic E-state index is 13.1. The number of nitriles is 1. The number of benzene rings is 3. The standard InChI is InChI=1S/C27H22N4O2/c1-19-24(18-28)26(32)31(17-16-20-8-4-2-5-9-20)27(33)25(19)30-29-23-14-12-22(13-15-23)21-10-6-3-7-11-21/h2-15,32H,16-17H2,1H3. The first-order valence-electron chi connectivity index (χ1n) is 10.6. The van der Waals surface area contributed by atoms with Gasteiger partial charge in [0.2, 0.25) is 5.88 Å². The first-order chi connectivity index (χ1) is 16.1. The van der Waals surface area contributed by atoms with Crippen molar-refractivity contribution in [3.8, 4) is 23.1 Å². The molecule has 0 aliphatic carbocycles. The van der Waals surface area contributed by atoms with Crippen LogP contribution >= 0.6 is 0 Å². The van der Waals surface area contributed by atoms with Crippen LogP contribution in [0.3, 0.4) is 0 Å². The third-order valence-electron chi connectivity index (χ3n) is 5.48. The van der Waals surface area contributed by atoms with Gasteiger partial charge in [0.05, 0.1) is 5.69 Å². The van der Waals surface area contributed by atoms with Gasteiger partial charge in [-0.2, -0.15) is 10.4 Å². The Balaban J connectivity index is 1.65. The first kappa shape index (κ1) is 21.7. The van der Waals surface area contributed by atoms with Crippen molar-refractivity contribution in [2.75, 3.05) is 0 Å². The SMILES string of the molecule is Cc1c(C#N)c(O)n(CCc2ccccc2)c(=O)c1N=Nc1ccc(-c2ccccc2)cc1. The van der Waals surface area contributed by atoms with E-state index in [-0.39, 0.29) is 23.7 Å². The van der Waals surface area contributed by atoms with Crippen LogP contribution in [0, 0.1) is 18.3 Å². The molecule has 0 bridgehead atoms. The van der Waals surface area contributed by atoms with Crippen molar-refractivity contribution in [2.24, 2.45) is 10.2 Å². The van der Waals surface area contributed by atoms with Crippen LogP contribution in [-0.4, -0.2) is 9.67 Å². The zero-order chi connectivity index (χ0) is 23.2. The van der Waals surface area contributed by atoms with Gasteiger partial charge in [-0.3, -0.25) is 9.36 Å². The molecule has 1 aromatic heterocycles. The van der Waals surface area contributed by atoms with Gasteiger partial charge < -0.3 is 5.11 Å². The summed E-state index contributed by atoms with van der Waals surface area (Å²) in [6.45, 7) is 1.81. The Labute approximate surface area is 191 Å². The van der Waals surface area contributed by atoms with Gasteiger partial charge in [0, 0.05) is 12.1 Å². The largest absolute Gasteiger partial charge is 0.493 e. The fourth-order valence-electron chi connectivity index (χ4n) is 3.61. The van der Waals surface area contributed by atoms with E-state index < -0.39 is 5.56 Å². The number of pyridine rings is 1. The van der Waals surface area contributed by atoms with Crippen molar-refractivity contribution in [3.05, 3.63) is 112 Å². The molecule has 0 saturated carbocycles. The summed E-state index contributed by atoms with van der Waals surface area (Å²) >= 11 is 0. The third-order valence-corrected chi connectivity index (χ3v) is 5.48. The van der Waals surface area contributed by atoms with Crippen LogP contribution in [-0.2, 0) is 13.0 Å². The second kappa shape index (κ2) is 9.75. The van der Waals surface area contributed by atoms with E-state index in [1.165, 1.54) is 4.57 Å². The first-order valence-corrected chi connectivity index (χ1v) is 10.6. The molecule has 0 amide bonds. The molecule has 0 radical (unpaired) electrons. The van der Waals surface area contributed by atoms with E-state index in [1.54, 1.807) is 6.92 Å². The molecule has 1 heterocycles. The lowest BCUT2D eigenvalue weighted by molar-refractivity contribution is 0.404. The normalized spacial score (nSPS) is 10.9. The summed E-state index contributed by atoms with van der Waals surface area (Å²) in [5.74, 6) is -0.345. The number of aromatic hydroxyl groups is 1. The summed E-state index contributed by atoms with van der Waals surface area (Å²) in [5.41, 5.74) is 3.63. The molecule has 4 rings (SSSR count). The molecule has 3 aromatic carbocycles. The number of nitrogens with zero attached hydrogens (tertiary/aromatic N) is 4. The number of hydrogen-bond donors (Lipinski definition) is 1. The highest BCUT2D eigenvalue weighted by Gasteiger charge is 2.19. The Bertz CT molecular complexity index is 1380. The second-order valence-electron chi connectivity index (χ2n) is 7.59. The zero-order valence-electron chi connectivity index (χ0n) is 18.1. The van der Waals surface area contributed by atoms with E-state index in [0.29, 0.717) is 17.7 Å². The molecule has 162 valence electrons. The molecule has 0 aliphatic rings. The van der Waals surface area contributed by atoms with Gasteiger partial charge in [0.15, 0.2) is 5.69 Å². The van der Waals surface area contributed by atoms with E-state index in [4.69, 9.17) is 0 Å². The van der Waals surface area contributed by atoms with Crippen molar-refractivity contribution < 1.29 is 5.11 Å². The number of aryl methyl sites for hydroxylation is 1. The van der Waals surface area contributed by atoms with Gasteiger partial charge in [-0.05, 0) is 42.2 Å². The Morgan fingerprint density at radius 3 is 2.12 bits per heavy atom. The average Bonchev–Trinajstić information content (AvgIpc) is 2.86. The van der Waals surface area contributed by atoms with Crippen molar-refractivity contribution in [2.45, 2.75) is 19.9 Å². The highest BCUT2D eigenvalue weighted by molar-refractivity contribution is 5.65. The monoisotopic (exact) mass is 434 g/mol. The molecular weight excluding hydrogens is 412 g/mol. The van der Waals surface area contributed by atoms with E-state index in [0.717, 1.165) is 16.7 Å². The van der Waals surface area contributed by atoms with Crippen LogP contribution in [0.4, 0.5) is 11.4 Å². The van der Waals surface area contributed by atoms with Crippen molar-refractivity contribution in [3.63, 3.8) is 0 Å². The van der Waals surface area contributed by atoms with E-state index in [9.17, 15) is 15.2 Å². The Hall–Kier alpha value is -4.50. The number of hydrogen-bond acceptors (Lipinski definition) is 5. The van der Waals surface area contributed by atoms with Crippen LogP contribution in [0.15, 0.2) is 100.0 Å². The Morgan fingerprint density at radius 2 is 1.48 bits per heavy atom. The van der Waals surface area contributed by atoms with Crippen LogP contribution < -0.4 is 5.56 Å². The molecule has 0 atom stereocenters. The summed E-state index contributed by atoms with van der Waals surface area (Å²) < 4.78 is 1.19. The van der Waals surface area contributed by atoms with Gasteiger partial charge in [0.1, 0.15) is 11.6 Å².